The van der Waals surface area contributed by atoms with E-state index in [9.17, 15) is 8.78 Å². The lowest BCUT2D eigenvalue weighted by molar-refractivity contribution is 0.0435. The lowest BCUT2D eigenvalue weighted by atomic mass is 9.97. The second kappa shape index (κ2) is 10.1. The van der Waals surface area contributed by atoms with E-state index in [4.69, 9.17) is 9.47 Å². The third-order valence-corrected chi connectivity index (χ3v) is 5.07. The van der Waals surface area contributed by atoms with E-state index in [1.807, 2.05) is 26.2 Å². The van der Waals surface area contributed by atoms with Crippen LogP contribution in [0.3, 0.4) is 0 Å². The van der Waals surface area contributed by atoms with Gasteiger partial charge in [-0.25, -0.2) is 8.78 Å². The molecule has 4 nitrogen and oxygen atoms in total. The molecular weight excluding hydrogens is 362 g/mol. The molecule has 0 saturated carbocycles. The number of hydrogen-bond acceptors (Lipinski definition) is 4. The number of nitrogens with one attached hydrogen (secondary N) is 2. The Balaban J connectivity index is 0.000000161. The maximum absolute atomic E-state index is 13.0. The van der Waals surface area contributed by atoms with Crippen molar-refractivity contribution in [3.05, 3.63) is 70.3 Å². The molecule has 0 bridgehead atoms. The molecule has 2 atom stereocenters. The van der Waals surface area contributed by atoms with Gasteiger partial charge in [0.15, 0.2) is 0 Å². The molecule has 28 heavy (non-hydrogen) atoms. The van der Waals surface area contributed by atoms with Gasteiger partial charge in [0.25, 0.3) is 0 Å². The zero-order valence-corrected chi connectivity index (χ0v) is 16.4. The minimum Gasteiger partial charge on any atom is -0.372 e. The highest BCUT2D eigenvalue weighted by Gasteiger charge is 2.21. The third kappa shape index (κ3) is 5.14. The summed E-state index contributed by atoms with van der Waals surface area (Å²) in [7, 11) is 3.74. The molecule has 0 saturated heterocycles. The van der Waals surface area contributed by atoms with Crippen LogP contribution >= 0.6 is 0 Å². The number of halogens is 2. The van der Waals surface area contributed by atoms with Crippen molar-refractivity contribution in [2.75, 3.05) is 40.4 Å². The molecule has 2 aliphatic rings. The molecule has 0 amide bonds. The maximum Gasteiger partial charge on any atom is 0.123 e. The SMILES string of the molecule is CNC[C@@H]1OCCc2ccc(F)cc21.CNC[C@H]1OCCc2ccc(F)cc21. The second-order valence-corrected chi connectivity index (χ2v) is 7.02. The van der Waals surface area contributed by atoms with Crippen molar-refractivity contribution in [2.45, 2.75) is 25.0 Å². The van der Waals surface area contributed by atoms with Gasteiger partial charge in [0, 0.05) is 13.1 Å². The van der Waals surface area contributed by atoms with Gasteiger partial charge in [-0.05, 0) is 73.5 Å². The van der Waals surface area contributed by atoms with E-state index in [1.54, 1.807) is 12.1 Å². The van der Waals surface area contributed by atoms with Crippen LogP contribution in [0.2, 0.25) is 0 Å². The summed E-state index contributed by atoms with van der Waals surface area (Å²) in [5.41, 5.74) is 4.40. The Hall–Kier alpha value is -1.86. The van der Waals surface area contributed by atoms with Crippen molar-refractivity contribution >= 4 is 0 Å². The van der Waals surface area contributed by atoms with Crippen LogP contribution in [-0.2, 0) is 22.3 Å². The predicted molar refractivity (Wildman–Crippen MR) is 105 cm³/mol. The van der Waals surface area contributed by atoms with Crippen molar-refractivity contribution in [2.24, 2.45) is 0 Å². The minimum atomic E-state index is -0.185. The Morgan fingerprint density at radius 3 is 1.61 bits per heavy atom. The summed E-state index contributed by atoms with van der Waals surface area (Å²) >= 11 is 0. The van der Waals surface area contributed by atoms with Crippen molar-refractivity contribution in [3.63, 3.8) is 0 Å². The van der Waals surface area contributed by atoms with E-state index in [2.05, 4.69) is 10.6 Å². The maximum atomic E-state index is 13.0. The highest BCUT2D eigenvalue weighted by molar-refractivity contribution is 5.32. The zero-order chi connectivity index (χ0) is 19.9. The van der Waals surface area contributed by atoms with Gasteiger partial charge < -0.3 is 20.1 Å². The molecule has 2 aromatic carbocycles. The molecular formula is C22H28F2N2O2. The Labute approximate surface area is 165 Å². The second-order valence-electron chi connectivity index (χ2n) is 7.02. The van der Waals surface area contributed by atoms with E-state index >= 15 is 0 Å². The first-order valence-corrected chi connectivity index (χ1v) is 9.71. The van der Waals surface area contributed by atoms with Gasteiger partial charge >= 0.3 is 0 Å². The van der Waals surface area contributed by atoms with Gasteiger partial charge in [0.2, 0.25) is 0 Å². The molecule has 0 aliphatic carbocycles. The summed E-state index contributed by atoms with van der Waals surface area (Å²) in [6.45, 7) is 2.92. The Bertz CT molecular complexity index is 720. The number of benzene rings is 2. The minimum absolute atomic E-state index is 0.000509. The largest absolute Gasteiger partial charge is 0.372 e. The quantitative estimate of drug-likeness (QED) is 0.841. The molecule has 6 heteroatoms. The number of likely N-dealkylation sites (N-methyl/N-ethyl adjacent to an activating group) is 2. The zero-order valence-electron chi connectivity index (χ0n) is 16.4. The summed E-state index contributed by atoms with van der Waals surface area (Å²) in [5.74, 6) is -0.370. The van der Waals surface area contributed by atoms with E-state index in [1.165, 1.54) is 23.3 Å². The Kier molecular flexibility index (Phi) is 7.50. The van der Waals surface area contributed by atoms with Crippen molar-refractivity contribution in [1.82, 2.24) is 10.6 Å². The molecule has 0 radical (unpaired) electrons. The highest BCUT2D eigenvalue weighted by atomic mass is 19.1. The van der Waals surface area contributed by atoms with E-state index in [0.717, 1.165) is 50.3 Å². The fourth-order valence-electron chi connectivity index (χ4n) is 3.70. The molecule has 0 unspecified atom stereocenters. The standard InChI is InChI=1S/2C11H14FNO/c2*1-13-7-11-10-6-9(12)3-2-8(10)4-5-14-11/h2*2-3,6,11,13H,4-5,7H2,1H3/t2*11-/m10/s1. The molecule has 2 N–H and O–H groups in total. The van der Waals surface area contributed by atoms with Crippen LogP contribution in [0.15, 0.2) is 36.4 Å². The number of rotatable bonds is 4. The summed E-state index contributed by atoms with van der Waals surface area (Å²) in [5, 5.41) is 6.10. The monoisotopic (exact) mass is 390 g/mol. The van der Waals surface area contributed by atoms with E-state index in [0.29, 0.717) is 0 Å². The van der Waals surface area contributed by atoms with Crippen LogP contribution in [0.4, 0.5) is 8.78 Å². The lowest BCUT2D eigenvalue weighted by Crippen LogP contribution is -2.25. The molecule has 0 spiro atoms. The van der Waals surface area contributed by atoms with Crippen molar-refractivity contribution in [1.29, 1.82) is 0 Å². The van der Waals surface area contributed by atoms with Gasteiger partial charge in [-0.2, -0.15) is 0 Å². The number of fused-ring (bicyclic) bond motifs is 2. The predicted octanol–water partition coefficient (Wildman–Crippen LogP) is 3.32. The first-order chi connectivity index (χ1) is 13.6. The Morgan fingerprint density at radius 2 is 1.21 bits per heavy atom. The first kappa shape index (κ1) is 20.9. The number of ether oxygens (including phenoxy) is 2. The third-order valence-electron chi connectivity index (χ3n) is 5.07. The average molecular weight is 390 g/mol. The molecule has 2 heterocycles. The van der Waals surface area contributed by atoms with Crippen LogP contribution < -0.4 is 10.6 Å². The van der Waals surface area contributed by atoms with Gasteiger partial charge in [-0.3, -0.25) is 0 Å². The van der Waals surface area contributed by atoms with E-state index < -0.39 is 0 Å². The normalized spacial score (nSPS) is 20.6. The van der Waals surface area contributed by atoms with Crippen molar-refractivity contribution in [3.8, 4) is 0 Å². The van der Waals surface area contributed by atoms with Crippen LogP contribution in [0.1, 0.15) is 34.5 Å². The van der Waals surface area contributed by atoms with Gasteiger partial charge in [-0.15, -0.1) is 0 Å². The molecule has 0 aromatic heterocycles. The topological polar surface area (TPSA) is 42.5 Å². The molecule has 2 aliphatic heterocycles. The molecule has 4 rings (SSSR count). The lowest BCUT2D eigenvalue weighted by Gasteiger charge is -2.25. The Morgan fingerprint density at radius 1 is 0.786 bits per heavy atom. The van der Waals surface area contributed by atoms with Crippen LogP contribution in [0.5, 0.6) is 0 Å². The van der Waals surface area contributed by atoms with Gasteiger partial charge in [-0.1, -0.05) is 12.1 Å². The van der Waals surface area contributed by atoms with Crippen LogP contribution in [0.25, 0.3) is 0 Å². The summed E-state index contributed by atoms with van der Waals surface area (Å²) in [6, 6.07) is 9.90. The van der Waals surface area contributed by atoms with Crippen LogP contribution in [0, 0.1) is 11.6 Å². The van der Waals surface area contributed by atoms with E-state index in [-0.39, 0.29) is 23.8 Å². The average Bonchev–Trinajstić information content (AvgIpc) is 2.70. The highest BCUT2D eigenvalue weighted by Crippen LogP contribution is 2.28. The molecule has 2 aromatic rings. The van der Waals surface area contributed by atoms with Gasteiger partial charge in [0.1, 0.15) is 11.6 Å². The van der Waals surface area contributed by atoms with Gasteiger partial charge in [0.05, 0.1) is 25.4 Å². The number of hydrogen-bond donors (Lipinski definition) is 2. The summed E-state index contributed by atoms with van der Waals surface area (Å²) < 4.78 is 37.2. The first-order valence-electron chi connectivity index (χ1n) is 9.71. The van der Waals surface area contributed by atoms with Crippen LogP contribution in [-0.4, -0.2) is 40.4 Å². The smallest absolute Gasteiger partial charge is 0.123 e. The molecule has 152 valence electrons. The summed E-state index contributed by atoms with van der Waals surface area (Å²) in [6.07, 6.45) is 1.77. The fraction of sp³-hybridized carbons (Fsp3) is 0.455. The van der Waals surface area contributed by atoms with Crippen molar-refractivity contribution < 1.29 is 18.3 Å². The molecule has 0 fully saturated rings. The summed E-state index contributed by atoms with van der Waals surface area (Å²) in [4.78, 5) is 0. The fourth-order valence-corrected chi connectivity index (χ4v) is 3.70.